The van der Waals surface area contributed by atoms with E-state index in [-0.39, 0.29) is 15.7 Å². The minimum Gasteiger partial charge on any atom is -0.367 e. The van der Waals surface area contributed by atoms with Crippen LogP contribution in [0.2, 0.25) is 0 Å². The summed E-state index contributed by atoms with van der Waals surface area (Å²) in [6.45, 7) is 8.84. The molecule has 12 heteroatoms. The fraction of sp³-hybridized carbons (Fsp3) is 0.407. The van der Waals surface area contributed by atoms with Crippen LogP contribution in [0.25, 0.3) is 11.1 Å². The number of thiazole rings is 1. The molecule has 3 aromatic rings. The van der Waals surface area contributed by atoms with Gasteiger partial charge in [-0.25, -0.2) is 26.9 Å². The number of hydrogen-bond acceptors (Lipinski definition) is 7. The molecule has 2 saturated heterocycles. The Morgan fingerprint density at radius 3 is 2.36 bits per heavy atom. The molecular formula is C27H31F2N5O3S2. The average Bonchev–Trinajstić information content (AvgIpc) is 3.21. The van der Waals surface area contributed by atoms with E-state index in [0.717, 1.165) is 29.2 Å². The van der Waals surface area contributed by atoms with E-state index in [1.54, 1.807) is 44.7 Å². The predicted octanol–water partition coefficient (Wildman–Crippen LogP) is 4.01. The lowest BCUT2D eigenvalue weighted by Gasteiger charge is -2.57. The van der Waals surface area contributed by atoms with Crippen molar-refractivity contribution in [3.8, 4) is 11.1 Å². The summed E-state index contributed by atoms with van der Waals surface area (Å²) in [6.07, 6.45) is 0. The number of rotatable bonds is 5. The second-order valence-corrected chi connectivity index (χ2v) is 14.0. The Bertz CT molecular complexity index is 1530. The summed E-state index contributed by atoms with van der Waals surface area (Å²) in [5.41, 5.74) is 0.561. The van der Waals surface area contributed by atoms with Crippen molar-refractivity contribution in [2.24, 2.45) is 0 Å². The van der Waals surface area contributed by atoms with Gasteiger partial charge in [-0.2, -0.15) is 0 Å². The first kappa shape index (κ1) is 27.6. The van der Waals surface area contributed by atoms with Gasteiger partial charge in [-0.3, -0.25) is 14.6 Å². The summed E-state index contributed by atoms with van der Waals surface area (Å²) in [4.78, 5) is 24.0. The molecule has 8 nitrogen and oxygen atoms in total. The molecule has 0 atom stereocenters. The number of carbonyl (C=O) groups excluding carboxylic acids is 1. The molecule has 1 amide bonds. The number of benzene rings is 2. The highest BCUT2D eigenvalue weighted by atomic mass is 32.2. The molecule has 1 spiro atoms. The third kappa shape index (κ3) is 5.06. The standard InChI is InChI=1S/C27H31F2N5O3S2/c1-17-23(39(36,37)31-26(2,3)4)38-25(30-17)34-13-12-32(5)27(24(34)35)15-33(16-27)20-9-6-18(7-10-20)21-14-19(28)8-11-22(21)29/h6-11,14,31H,12-13,15-16H2,1-5H3. The highest BCUT2D eigenvalue weighted by Crippen LogP contribution is 2.39. The van der Waals surface area contributed by atoms with Gasteiger partial charge in [0.05, 0.1) is 5.69 Å². The highest BCUT2D eigenvalue weighted by Gasteiger charge is 2.56. The molecule has 208 valence electrons. The quantitative estimate of drug-likeness (QED) is 0.495. The van der Waals surface area contributed by atoms with Gasteiger partial charge in [0.15, 0.2) is 9.34 Å². The van der Waals surface area contributed by atoms with E-state index in [0.29, 0.717) is 42.6 Å². The van der Waals surface area contributed by atoms with Crippen molar-refractivity contribution >= 4 is 38.1 Å². The van der Waals surface area contributed by atoms with Crippen molar-refractivity contribution in [3.05, 3.63) is 59.8 Å². The van der Waals surface area contributed by atoms with Crippen LogP contribution >= 0.6 is 11.3 Å². The molecule has 0 aliphatic carbocycles. The molecule has 2 aliphatic heterocycles. The maximum absolute atomic E-state index is 14.2. The van der Waals surface area contributed by atoms with Crippen LogP contribution in [0.4, 0.5) is 19.6 Å². The van der Waals surface area contributed by atoms with Crippen molar-refractivity contribution in [2.45, 2.75) is 43.0 Å². The Morgan fingerprint density at radius 2 is 1.72 bits per heavy atom. The molecule has 1 aromatic heterocycles. The fourth-order valence-electron chi connectivity index (χ4n) is 5.06. The fourth-order valence-corrected chi connectivity index (χ4v) is 8.01. The summed E-state index contributed by atoms with van der Waals surface area (Å²) in [6, 6.07) is 10.5. The van der Waals surface area contributed by atoms with Crippen LogP contribution in [0.5, 0.6) is 0 Å². The van der Waals surface area contributed by atoms with E-state index in [4.69, 9.17) is 0 Å². The average molecular weight is 576 g/mol. The van der Waals surface area contributed by atoms with Gasteiger partial charge in [0, 0.05) is 43.0 Å². The number of anilines is 2. The molecule has 2 aliphatic rings. The SMILES string of the molecule is Cc1nc(N2CCN(C)C3(CN(c4ccc(-c5cc(F)ccc5F)cc4)C3)C2=O)sc1S(=O)(=O)NC(C)(C)C. The number of amides is 1. The minimum absolute atomic E-state index is 0.110. The zero-order valence-corrected chi connectivity index (χ0v) is 24.1. The molecular weight excluding hydrogens is 544 g/mol. The lowest BCUT2D eigenvalue weighted by molar-refractivity contribution is -0.134. The van der Waals surface area contributed by atoms with E-state index in [2.05, 4.69) is 14.6 Å². The number of aryl methyl sites for hydroxylation is 1. The Kier molecular flexibility index (Phi) is 6.81. The van der Waals surface area contributed by atoms with E-state index in [1.165, 1.54) is 6.07 Å². The van der Waals surface area contributed by atoms with Crippen LogP contribution < -0.4 is 14.5 Å². The molecule has 0 bridgehead atoms. The predicted molar refractivity (Wildman–Crippen MR) is 149 cm³/mol. The van der Waals surface area contributed by atoms with Crippen molar-refractivity contribution in [1.82, 2.24) is 14.6 Å². The Hall–Kier alpha value is -2.93. The number of sulfonamides is 1. The van der Waals surface area contributed by atoms with Gasteiger partial charge in [0.2, 0.25) is 0 Å². The van der Waals surface area contributed by atoms with E-state index < -0.39 is 32.7 Å². The van der Waals surface area contributed by atoms with Crippen molar-refractivity contribution < 1.29 is 22.0 Å². The Morgan fingerprint density at radius 1 is 1.05 bits per heavy atom. The van der Waals surface area contributed by atoms with Gasteiger partial charge >= 0.3 is 0 Å². The molecule has 0 saturated carbocycles. The number of aromatic nitrogens is 1. The highest BCUT2D eigenvalue weighted by molar-refractivity contribution is 7.91. The summed E-state index contributed by atoms with van der Waals surface area (Å²) in [7, 11) is -1.87. The molecule has 2 aromatic carbocycles. The number of piperazine rings is 1. The second-order valence-electron chi connectivity index (χ2n) is 11.2. The first-order valence-electron chi connectivity index (χ1n) is 12.6. The summed E-state index contributed by atoms with van der Waals surface area (Å²) < 4.78 is 56.5. The molecule has 0 radical (unpaired) electrons. The number of carbonyl (C=O) groups is 1. The van der Waals surface area contributed by atoms with Crippen molar-refractivity contribution in [3.63, 3.8) is 0 Å². The molecule has 2 fully saturated rings. The molecule has 5 rings (SSSR count). The van der Waals surface area contributed by atoms with E-state index >= 15 is 0 Å². The van der Waals surface area contributed by atoms with Crippen LogP contribution in [0, 0.1) is 18.6 Å². The lowest BCUT2D eigenvalue weighted by Crippen LogP contribution is -2.79. The molecule has 0 unspecified atom stereocenters. The molecule has 3 heterocycles. The number of likely N-dealkylation sites (N-methyl/N-ethyl adjacent to an activating group) is 1. The monoisotopic (exact) mass is 575 g/mol. The Labute approximate surface area is 231 Å². The smallest absolute Gasteiger partial charge is 0.253 e. The van der Waals surface area contributed by atoms with Crippen LogP contribution in [-0.2, 0) is 14.8 Å². The number of nitrogens with one attached hydrogen (secondary N) is 1. The first-order chi connectivity index (χ1) is 18.2. The largest absolute Gasteiger partial charge is 0.367 e. The summed E-state index contributed by atoms with van der Waals surface area (Å²) in [5, 5.41) is 0.374. The lowest BCUT2D eigenvalue weighted by atomic mass is 9.84. The maximum Gasteiger partial charge on any atom is 0.253 e. The van der Waals surface area contributed by atoms with Gasteiger partial charge in [0.1, 0.15) is 17.2 Å². The van der Waals surface area contributed by atoms with Crippen LogP contribution in [0.3, 0.4) is 0 Å². The second kappa shape index (κ2) is 9.61. The van der Waals surface area contributed by atoms with Gasteiger partial charge in [-0.15, -0.1) is 0 Å². The van der Waals surface area contributed by atoms with Crippen molar-refractivity contribution in [2.75, 3.05) is 43.0 Å². The number of halogens is 2. The zero-order chi connectivity index (χ0) is 28.3. The molecule has 1 N–H and O–H groups in total. The van der Waals surface area contributed by atoms with E-state index in [9.17, 15) is 22.0 Å². The third-order valence-electron chi connectivity index (χ3n) is 7.07. The topological polar surface area (TPSA) is 85.9 Å². The van der Waals surface area contributed by atoms with E-state index in [1.807, 2.05) is 24.1 Å². The molecule has 39 heavy (non-hydrogen) atoms. The number of hydrogen-bond donors (Lipinski definition) is 1. The normalized spacial score (nSPS) is 18.1. The van der Waals surface area contributed by atoms with Gasteiger partial charge < -0.3 is 4.90 Å². The summed E-state index contributed by atoms with van der Waals surface area (Å²) >= 11 is 1.01. The van der Waals surface area contributed by atoms with Crippen LogP contribution in [-0.4, -0.2) is 68.5 Å². The van der Waals surface area contributed by atoms with Crippen LogP contribution in [0.1, 0.15) is 26.5 Å². The summed E-state index contributed by atoms with van der Waals surface area (Å²) in [5.74, 6) is -1.12. The van der Waals surface area contributed by atoms with Crippen molar-refractivity contribution in [1.29, 1.82) is 0 Å². The first-order valence-corrected chi connectivity index (χ1v) is 14.9. The Balaban J connectivity index is 1.34. The van der Waals surface area contributed by atoms with Crippen LogP contribution in [0.15, 0.2) is 46.7 Å². The zero-order valence-electron chi connectivity index (χ0n) is 22.5. The minimum atomic E-state index is -3.78. The third-order valence-corrected chi connectivity index (χ3v) is 10.6. The van der Waals surface area contributed by atoms with Gasteiger partial charge in [0.25, 0.3) is 15.9 Å². The van der Waals surface area contributed by atoms with Gasteiger partial charge in [-0.05, 0) is 70.6 Å². The number of nitrogens with zero attached hydrogens (tertiary/aromatic N) is 4. The van der Waals surface area contributed by atoms with Gasteiger partial charge in [-0.1, -0.05) is 23.5 Å². The maximum atomic E-state index is 14.2.